The number of aliphatic hydroxyl groups is 2. The van der Waals surface area contributed by atoms with Crippen molar-refractivity contribution in [1.82, 2.24) is 4.72 Å². The van der Waals surface area contributed by atoms with Crippen LogP contribution >= 0.6 is 0 Å². The molecule has 0 aliphatic heterocycles. The zero-order valence-electron chi connectivity index (χ0n) is 10.5. The fraction of sp³-hybridized carbons (Fsp3) is 0.455. The Morgan fingerprint density at radius 2 is 1.95 bits per heavy atom. The van der Waals surface area contributed by atoms with Gasteiger partial charge in [0.15, 0.2) is 0 Å². The largest absolute Gasteiger partial charge is 0.416 e. The standard InChI is InChI=1S/C11H14F3NO4S/c1-7-9(11(12,13)14)3-2-4-10(7)20(18,19)15-5-8(17)6-16/h2-4,8,15-17H,5-6H2,1H3. The first-order valence-corrected chi connectivity index (χ1v) is 7.03. The molecule has 0 aromatic heterocycles. The zero-order valence-corrected chi connectivity index (χ0v) is 11.3. The lowest BCUT2D eigenvalue weighted by atomic mass is 10.1. The Labute approximate surface area is 114 Å². The van der Waals surface area contributed by atoms with Crippen molar-refractivity contribution in [2.45, 2.75) is 24.1 Å². The number of hydrogen-bond donors (Lipinski definition) is 3. The summed E-state index contributed by atoms with van der Waals surface area (Å²) in [6, 6.07) is 2.82. The Morgan fingerprint density at radius 3 is 2.45 bits per heavy atom. The van der Waals surface area contributed by atoms with Crippen LogP contribution in [-0.2, 0) is 16.2 Å². The summed E-state index contributed by atoms with van der Waals surface area (Å²) in [6.07, 6.45) is -5.98. The molecule has 1 unspecified atom stereocenters. The number of nitrogens with one attached hydrogen (secondary N) is 1. The molecule has 0 aliphatic carbocycles. The number of alkyl halides is 3. The molecule has 0 amide bonds. The van der Waals surface area contributed by atoms with E-state index < -0.39 is 51.5 Å². The molecule has 20 heavy (non-hydrogen) atoms. The highest BCUT2D eigenvalue weighted by Gasteiger charge is 2.34. The second-order valence-corrected chi connectivity index (χ2v) is 5.85. The smallest absolute Gasteiger partial charge is 0.394 e. The van der Waals surface area contributed by atoms with Crippen LogP contribution in [0.15, 0.2) is 23.1 Å². The van der Waals surface area contributed by atoms with E-state index in [2.05, 4.69) is 0 Å². The second kappa shape index (κ2) is 6.08. The first-order valence-electron chi connectivity index (χ1n) is 5.55. The lowest BCUT2D eigenvalue weighted by molar-refractivity contribution is -0.138. The topological polar surface area (TPSA) is 86.6 Å². The van der Waals surface area contributed by atoms with Gasteiger partial charge in [-0.15, -0.1) is 0 Å². The third kappa shape index (κ3) is 3.92. The van der Waals surface area contributed by atoms with E-state index in [9.17, 15) is 21.6 Å². The highest BCUT2D eigenvalue weighted by atomic mass is 32.2. The summed E-state index contributed by atoms with van der Waals surface area (Å²) in [4.78, 5) is -0.516. The van der Waals surface area contributed by atoms with Crippen LogP contribution in [-0.4, -0.2) is 37.9 Å². The molecular weight excluding hydrogens is 299 g/mol. The first kappa shape index (κ1) is 16.9. The van der Waals surface area contributed by atoms with E-state index in [0.29, 0.717) is 0 Å². The van der Waals surface area contributed by atoms with Gasteiger partial charge in [-0.3, -0.25) is 0 Å². The molecule has 9 heteroatoms. The summed E-state index contributed by atoms with van der Waals surface area (Å²) < 4.78 is 63.8. The summed E-state index contributed by atoms with van der Waals surface area (Å²) in [5, 5.41) is 17.6. The fourth-order valence-electron chi connectivity index (χ4n) is 1.56. The van der Waals surface area contributed by atoms with Gasteiger partial charge in [-0.25, -0.2) is 13.1 Å². The number of sulfonamides is 1. The maximum atomic E-state index is 12.7. The molecule has 0 fully saturated rings. The van der Waals surface area contributed by atoms with E-state index in [1.165, 1.54) is 0 Å². The molecule has 0 radical (unpaired) electrons. The van der Waals surface area contributed by atoms with E-state index in [1.807, 2.05) is 4.72 Å². The van der Waals surface area contributed by atoms with Crippen molar-refractivity contribution in [1.29, 1.82) is 0 Å². The molecule has 0 aliphatic rings. The molecule has 1 aromatic rings. The molecule has 114 valence electrons. The maximum Gasteiger partial charge on any atom is 0.416 e. The van der Waals surface area contributed by atoms with Crippen molar-refractivity contribution in [3.05, 3.63) is 29.3 Å². The van der Waals surface area contributed by atoms with Crippen molar-refractivity contribution in [2.75, 3.05) is 13.2 Å². The molecule has 5 nitrogen and oxygen atoms in total. The van der Waals surface area contributed by atoms with Crippen LogP contribution in [0.3, 0.4) is 0 Å². The average molecular weight is 313 g/mol. The highest BCUT2D eigenvalue weighted by molar-refractivity contribution is 7.89. The average Bonchev–Trinajstić information content (AvgIpc) is 2.34. The highest BCUT2D eigenvalue weighted by Crippen LogP contribution is 2.34. The Morgan fingerprint density at radius 1 is 1.35 bits per heavy atom. The Kier molecular flexibility index (Phi) is 5.14. The molecule has 0 heterocycles. The first-order chi connectivity index (χ1) is 9.09. The SMILES string of the molecule is Cc1c(C(F)(F)F)cccc1S(=O)(=O)NCC(O)CO. The third-order valence-corrected chi connectivity index (χ3v) is 4.17. The molecule has 3 N–H and O–H groups in total. The molecular formula is C11H14F3NO4S. The van der Waals surface area contributed by atoms with Gasteiger partial charge in [0.05, 0.1) is 23.2 Å². The lowest BCUT2D eigenvalue weighted by Crippen LogP contribution is -2.34. The van der Waals surface area contributed by atoms with Gasteiger partial charge < -0.3 is 10.2 Å². The number of hydrogen-bond acceptors (Lipinski definition) is 4. The normalized spacial score (nSPS) is 14.3. The predicted octanol–water partition coefficient (Wildman–Crippen LogP) is 0.645. The van der Waals surface area contributed by atoms with Gasteiger partial charge in [0, 0.05) is 6.54 Å². The number of halogens is 3. The van der Waals surface area contributed by atoms with Crippen LogP contribution in [0, 0.1) is 6.92 Å². The molecule has 0 bridgehead atoms. The van der Waals surface area contributed by atoms with Crippen molar-refractivity contribution in [2.24, 2.45) is 0 Å². The van der Waals surface area contributed by atoms with Gasteiger partial charge in [0.1, 0.15) is 0 Å². The molecule has 1 atom stereocenters. The van der Waals surface area contributed by atoms with Gasteiger partial charge in [0.2, 0.25) is 10.0 Å². The van der Waals surface area contributed by atoms with Crippen molar-refractivity contribution in [3.63, 3.8) is 0 Å². The van der Waals surface area contributed by atoms with E-state index in [1.54, 1.807) is 0 Å². The monoisotopic (exact) mass is 313 g/mol. The molecule has 0 saturated carbocycles. The van der Waals surface area contributed by atoms with E-state index in [-0.39, 0.29) is 0 Å². The Hall–Kier alpha value is -1.16. The minimum absolute atomic E-state index is 0.425. The Balaban J connectivity index is 3.14. The van der Waals surface area contributed by atoms with E-state index in [4.69, 9.17) is 10.2 Å². The van der Waals surface area contributed by atoms with E-state index >= 15 is 0 Å². The van der Waals surface area contributed by atoms with Crippen molar-refractivity contribution < 1.29 is 31.8 Å². The van der Waals surface area contributed by atoms with Crippen LogP contribution in [0.4, 0.5) is 13.2 Å². The summed E-state index contributed by atoms with van der Waals surface area (Å²) in [6.45, 7) is -0.0987. The third-order valence-electron chi connectivity index (χ3n) is 2.60. The van der Waals surface area contributed by atoms with Gasteiger partial charge in [0.25, 0.3) is 0 Å². The maximum absolute atomic E-state index is 12.7. The molecule has 0 saturated heterocycles. The van der Waals surface area contributed by atoms with Crippen molar-refractivity contribution >= 4 is 10.0 Å². The lowest BCUT2D eigenvalue weighted by Gasteiger charge is -2.15. The number of aliphatic hydroxyl groups excluding tert-OH is 2. The van der Waals surface area contributed by atoms with Crippen molar-refractivity contribution in [3.8, 4) is 0 Å². The summed E-state index contributed by atoms with van der Waals surface area (Å²) in [7, 11) is -4.20. The van der Waals surface area contributed by atoms with Gasteiger partial charge >= 0.3 is 6.18 Å². The van der Waals surface area contributed by atoms with Crippen LogP contribution in [0.5, 0.6) is 0 Å². The molecule has 0 spiro atoms. The quantitative estimate of drug-likeness (QED) is 0.745. The summed E-state index contributed by atoms with van der Waals surface area (Å²) >= 11 is 0. The van der Waals surface area contributed by atoms with Crippen LogP contribution in [0.25, 0.3) is 0 Å². The molecule has 1 rings (SSSR count). The predicted molar refractivity (Wildman–Crippen MR) is 64.5 cm³/mol. The van der Waals surface area contributed by atoms with Crippen LogP contribution < -0.4 is 4.72 Å². The van der Waals surface area contributed by atoms with E-state index in [0.717, 1.165) is 25.1 Å². The molecule has 1 aromatic carbocycles. The van der Waals surface area contributed by atoms with Crippen LogP contribution in [0.2, 0.25) is 0 Å². The van der Waals surface area contributed by atoms with Crippen LogP contribution in [0.1, 0.15) is 11.1 Å². The van der Waals surface area contributed by atoms with Gasteiger partial charge in [-0.1, -0.05) is 6.07 Å². The Bertz CT molecular complexity index is 572. The minimum atomic E-state index is -4.65. The summed E-state index contributed by atoms with van der Waals surface area (Å²) in [5.74, 6) is 0. The van der Waals surface area contributed by atoms with Gasteiger partial charge in [-0.05, 0) is 24.6 Å². The minimum Gasteiger partial charge on any atom is -0.394 e. The zero-order chi connectivity index (χ0) is 15.6. The van der Waals surface area contributed by atoms with Gasteiger partial charge in [-0.2, -0.15) is 13.2 Å². The number of benzene rings is 1. The number of rotatable bonds is 5. The second-order valence-electron chi connectivity index (χ2n) is 4.11. The fourth-order valence-corrected chi connectivity index (χ4v) is 2.90. The summed E-state index contributed by atoms with van der Waals surface area (Å²) in [5.41, 5.74) is -1.46.